The van der Waals surface area contributed by atoms with Crippen LogP contribution in [-0.2, 0) is 4.79 Å². The average molecular weight is 339 g/mol. The summed E-state index contributed by atoms with van der Waals surface area (Å²) in [5, 5.41) is 3.13. The molecule has 0 aromatic heterocycles. The van der Waals surface area contributed by atoms with Crippen LogP contribution < -0.4 is 14.8 Å². The van der Waals surface area contributed by atoms with Gasteiger partial charge >= 0.3 is 0 Å². The number of fused-ring (bicyclic) bond motifs is 1. The first-order valence-electron chi connectivity index (χ1n) is 8.66. The molecule has 3 rings (SSSR count). The number of nitrogens with one attached hydrogen (secondary N) is 1. The molecule has 0 saturated carbocycles. The van der Waals surface area contributed by atoms with Crippen LogP contribution in [0.1, 0.15) is 44.4 Å². The number of rotatable bonds is 4. The third-order valence-electron chi connectivity index (χ3n) is 4.37. The van der Waals surface area contributed by atoms with Gasteiger partial charge in [0, 0.05) is 12.0 Å². The van der Waals surface area contributed by atoms with Crippen LogP contribution >= 0.6 is 0 Å². The number of ether oxygens (including phenoxy) is 2. The molecule has 0 bridgehead atoms. The summed E-state index contributed by atoms with van der Waals surface area (Å²) < 4.78 is 11.8. The van der Waals surface area contributed by atoms with E-state index in [1.54, 1.807) is 6.92 Å². The molecule has 0 spiro atoms. The Balaban J connectivity index is 1.74. The van der Waals surface area contributed by atoms with Crippen molar-refractivity contribution in [3.8, 4) is 11.5 Å². The second-order valence-corrected chi connectivity index (χ2v) is 7.24. The summed E-state index contributed by atoms with van der Waals surface area (Å²) in [6.45, 7) is 7.89. The van der Waals surface area contributed by atoms with E-state index in [9.17, 15) is 4.79 Å². The molecule has 0 fully saturated rings. The van der Waals surface area contributed by atoms with Crippen molar-refractivity contribution in [2.24, 2.45) is 0 Å². The Hall–Kier alpha value is -2.49. The molecule has 0 saturated heterocycles. The summed E-state index contributed by atoms with van der Waals surface area (Å²) in [6, 6.07) is 15.4. The van der Waals surface area contributed by atoms with Crippen LogP contribution in [0.2, 0.25) is 0 Å². The summed E-state index contributed by atoms with van der Waals surface area (Å²) >= 11 is 0. The maximum atomic E-state index is 12.6. The lowest BCUT2D eigenvalue weighted by Gasteiger charge is -2.38. The molecule has 25 heavy (non-hydrogen) atoms. The molecule has 0 aliphatic carbocycles. The van der Waals surface area contributed by atoms with Crippen LogP contribution in [0.5, 0.6) is 11.5 Å². The Morgan fingerprint density at radius 2 is 1.96 bits per heavy atom. The minimum atomic E-state index is -0.567. The number of aryl methyl sites for hydroxylation is 1. The summed E-state index contributed by atoms with van der Waals surface area (Å²) in [7, 11) is 0. The molecule has 4 nitrogen and oxygen atoms in total. The number of carbonyl (C=O) groups excluding carboxylic acids is 1. The number of hydrogen-bond donors (Lipinski definition) is 1. The smallest absolute Gasteiger partial charge is 0.261 e. The zero-order chi connectivity index (χ0) is 18.0. The molecular formula is C21H25NO3. The summed E-state index contributed by atoms with van der Waals surface area (Å²) in [5.41, 5.74) is 1.83. The van der Waals surface area contributed by atoms with Gasteiger partial charge in [0.05, 0.1) is 6.04 Å². The molecule has 2 atom stereocenters. The quantitative estimate of drug-likeness (QED) is 0.909. The summed E-state index contributed by atoms with van der Waals surface area (Å²) in [5.74, 6) is 1.41. The van der Waals surface area contributed by atoms with Crippen LogP contribution in [0.15, 0.2) is 48.5 Å². The second-order valence-electron chi connectivity index (χ2n) is 7.24. The molecule has 1 aliphatic rings. The molecule has 2 aromatic rings. The Labute approximate surface area is 149 Å². The van der Waals surface area contributed by atoms with Gasteiger partial charge in [0.15, 0.2) is 6.10 Å². The predicted octanol–water partition coefficient (Wildman–Crippen LogP) is 4.18. The van der Waals surface area contributed by atoms with Crippen LogP contribution in [0.3, 0.4) is 0 Å². The van der Waals surface area contributed by atoms with E-state index >= 15 is 0 Å². The van der Waals surface area contributed by atoms with E-state index in [0.29, 0.717) is 12.2 Å². The fourth-order valence-corrected chi connectivity index (χ4v) is 3.13. The van der Waals surface area contributed by atoms with Gasteiger partial charge in [-0.3, -0.25) is 4.79 Å². The monoisotopic (exact) mass is 339 g/mol. The highest BCUT2D eigenvalue weighted by molar-refractivity contribution is 5.81. The lowest BCUT2D eigenvalue weighted by atomic mass is 9.89. The molecular weight excluding hydrogens is 314 g/mol. The van der Waals surface area contributed by atoms with Crippen molar-refractivity contribution >= 4 is 5.91 Å². The lowest BCUT2D eigenvalue weighted by molar-refractivity contribution is -0.128. The van der Waals surface area contributed by atoms with Crippen molar-refractivity contribution in [2.75, 3.05) is 0 Å². The van der Waals surface area contributed by atoms with Crippen molar-refractivity contribution < 1.29 is 14.3 Å². The zero-order valence-corrected chi connectivity index (χ0v) is 15.2. The maximum Gasteiger partial charge on any atom is 0.261 e. The van der Waals surface area contributed by atoms with Gasteiger partial charge in [-0.05, 0) is 51.5 Å². The first kappa shape index (κ1) is 17.3. The zero-order valence-electron chi connectivity index (χ0n) is 15.2. The third-order valence-corrected chi connectivity index (χ3v) is 4.37. The minimum Gasteiger partial charge on any atom is -0.487 e. The van der Waals surface area contributed by atoms with Gasteiger partial charge < -0.3 is 14.8 Å². The molecule has 1 N–H and O–H groups in total. The van der Waals surface area contributed by atoms with Crippen molar-refractivity contribution in [1.29, 1.82) is 0 Å². The van der Waals surface area contributed by atoms with E-state index < -0.39 is 6.10 Å². The van der Waals surface area contributed by atoms with Crippen molar-refractivity contribution in [3.05, 3.63) is 59.7 Å². The molecule has 1 amide bonds. The Morgan fingerprint density at radius 3 is 2.68 bits per heavy atom. The fraction of sp³-hybridized carbons (Fsp3) is 0.381. The van der Waals surface area contributed by atoms with E-state index in [-0.39, 0.29) is 17.6 Å². The van der Waals surface area contributed by atoms with E-state index in [0.717, 1.165) is 16.9 Å². The normalized spacial score (nSPS) is 19.3. The first-order chi connectivity index (χ1) is 11.8. The van der Waals surface area contributed by atoms with Gasteiger partial charge in [-0.1, -0.05) is 30.3 Å². The maximum absolute atomic E-state index is 12.6. The van der Waals surface area contributed by atoms with Crippen LogP contribution in [0, 0.1) is 6.92 Å². The van der Waals surface area contributed by atoms with E-state index in [1.165, 1.54) is 0 Å². The summed E-state index contributed by atoms with van der Waals surface area (Å²) in [4.78, 5) is 12.6. The number of hydrogen-bond acceptors (Lipinski definition) is 3. The topological polar surface area (TPSA) is 47.6 Å². The highest BCUT2D eigenvalue weighted by Gasteiger charge is 2.35. The number of para-hydroxylation sites is 1. The minimum absolute atomic E-state index is 0.0892. The Kier molecular flexibility index (Phi) is 4.71. The van der Waals surface area contributed by atoms with Crippen LogP contribution in [0.4, 0.5) is 0 Å². The highest BCUT2D eigenvalue weighted by Crippen LogP contribution is 2.39. The lowest BCUT2D eigenvalue weighted by Crippen LogP contribution is -2.44. The molecule has 1 aliphatic heterocycles. The molecule has 0 radical (unpaired) electrons. The largest absolute Gasteiger partial charge is 0.487 e. The molecule has 4 heteroatoms. The second kappa shape index (κ2) is 6.79. The Bertz CT molecular complexity index is 755. The highest BCUT2D eigenvalue weighted by atomic mass is 16.5. The standard InChI is InChI=1S/C21H25NO3/c1-14-10-11-17-18(13-21(3,4)25-19(17)12-14)22-20(23)15(2)24-16-8-6-5-7-9-16/h5-12,15,18H,13H2,1-4H3,(H,22,23). The van der Waals surface area contributed by atoms with Gasteiger partial charge in [-0.15, -0.1) is 0 Å². The average Bonchev–Trinajstić information content (AvgIpc) is 2.54. The van der Waals surface area contributed by atoms with E-state index in [1.807, 2.05) is 69.3 Å². The fourth-order valence-electron chi connectivity index (χ4n) is 3.13. The van der Waals surface area contributed by atoms with E-state index in [4.69, 9.17) is 9.47 Å². The van der Waals surface area contributed by atoms with Crippen molar-refractivity contribution in [3.63, 3.8) is 0 Å². The van der Waals surface area contributed by atoms with Gasteiger partial charge in [-0.25, -0.2) is 0 Å². The molecule has 2 aromatic carbocycles. The van der Waals surface area contributed by atoms with E-state index in [2.05, 4.69) is 5.32 Å². The summed E-state index contributed by atoms with van der Waals surface area (Å²) in [6.07, 6.45) is 0.148. The van der Waals surface area contributed by atoms with Crippen molar-refractivity contribution in [2.45, 2.75) is 51.9 Å². The van der Waals surface area contributed by atoms with Gasteiger partial charge in [0.25, 0.3) is 5.91 Å². The number of benzene rings is 2. The Morgan fingerprint density at radius 1 is 1.24 bits per heavy atom. The molecule has 132 valence electrons. The van der Waals surface area contributed by atoms with Gasteiger partial charge in [-0.2, -0.15) is 0 Å². The first-order valence-corrected chi connectivity index (χ1v) is 8.66. The molecule has 1 heterocycles. The van der Waals surface area contributed by atoms with Crippen LogP contribution in [-0.4, -0.2) is 17.6 Å². The molecule has 2 unspecified atom stereocenters. The van der Waals surface area contributed by atoms with Gasteiger partial charge in [0.2, 0.25) is 0 Å². The number of carbonyl (C=O) groups is 1. The van der Waals surface area contributed by atoms with Gasteiger partial charge in [0.1, 0.15) is 17.1 Å². The third kappa shape index (κ3) is 4.13. The SMILES string of the molecule is Cc1ccc2c(c1)OC(C)(C)CC2NC(=O)C(C)Oc1ccccc1. The number of amides is 1. The predicted molar refractivity (Wildman–Crippen MR) is 97.9 cm³/mol. The van der Waals surface area contributed by atoms with Crippen molar-refractivity contribution in [1.82, 2.24) is 5.32 Å². The van der Waals surface area contributed by atoms with Crippen LogP contribution in [0.25, 0.3) is 0 Å².